The lowest BCUT2D eigenvalue weighted by atomic mass is 10.0. The van der Waals surface area contributed by atoms with Gasteiger partial charge in [-0.25, -0.2) is 9.97 Å². The Morgan fingerprint density at radius 3 is 2.54 bits per heavy atom. The van der Waals surface area contributed by atoms with Crippen LogP contribution in [-0.2, 0) is 4.74 Å². The van der Waals surface area contributed by atoms with Crippen molar-refractivity contribution in [2.45, 2.75) is 6.92 Å². The lowest BCUT2D eigenvalue weighted by Gasteiger charge is -2.27. The molecule has 2 aromatic carbocycles. The molecule has 1 N–H and O–H groups in total. The van der Waals surface area contributed by atoms with Crippen molar-refractivity contribution in [1.29, 1.82) is 0 Å². The molecule has 3 heterocycles. The molecule has 0 radical (unpaired) electrons. The summed E-state index contributed by atoms with van der Waals surface area (Å²) in [5.41, 5.74) is 6.28. The number of anilines is 1. The molecule has 0 saturated carbocycles. The van der Waals surface area contributed by atoms with Gasteiger partial charge < -0.3 is 9.64 Å². The molecular weight excluding hydrogens is 350 g/mol. The number of aromatic nitrogens is 4. The first kappa shape index (κ1) is 16.9. The molecule has 0 bridgehead atoms. The number of nitrogens with one attached hydrogen (secondary N) is 1. The summed E-state index contributed by atoms with van der Waals surface area (Å²) >= 11 is 0. The SMILES string of the molecule is Cc1ccc(-c2ccc3[nH]nc(-c4cc(N5CCOCC5)ncn4)c3c2)cc1. The van der Waals surface area contributed by atoms with Gasteiger partial charge in [-0.05, 0) is 30.2 Å². The Kier molecular flexibility index (Phi) is 4.25. The molecule has 1 saturated heterocycles. The van der Waals surface area contributed by atoms with Crippen molar-refractivity contribution in [3.05, 3.63) is 60.4 Å². The lowest BCUT2D eigenvalue weighted by Crippen LogP contribution is -2.36. The number of fused-ring (bicyclic) bond motifs is 1. The molecular formula is C22H21N5O. The second-order valence-corrected chi connectivity index (χ2v) is 7.06. The first-order chi connectivity index (χ1) is 13.8. The number of hydrogen-bond acceptors (Lipinski definition) is 5. The van der Waals surface area contributed by atoms with Crippen LogP contribution in [0.3, 0.4) is 0 Å². The quantitative estimate of drug-likeness (QED) is 0.593. The molecule has 0 spiro atoms. The molecule has 140 valence electrons. The van der Waals surface area contributed by atoms with Crippen molar-refractivity contribution in [2.75, 3.05) is 31.2 Å². The van der Waals surface area contributed by atoms with Crippen LogP contribution in [0.2, 0.25) is 0 Å². The second kappa shape index (κ2) is 7.05. The van der Waals surface area contributed by atoms with Crippen molar-refractivity contribution >= 4 is 16.7 Å². The smallest absolute Gasteiger partial charge is 0.132 e. The van der Waals surface area contributed by atoms with E-state index in [0.717, 1.165) is 60.0 Å². The highest BCUT2D eigenvalue weighted by atomic mass is 16.5. The Bertz CT molecular complexity index is 1110. The zero-order chi connectivity index (χ0) is 18.9. The molecule has 1 fully saturated rings. The van der Waals surface area contributed by atoms with Crippen LogP contribution in [0.15, 0.2) is 54.9 Å². The fourth-order valence-corrected chi connectivity index (χ4v) is 3.58. The van der Waals surface area contributed by atoms with Crippen LogP contribution >= 0.6 is 0 Å². The molecule has 6 nitrogen and oxygen atoms in total. The Labute approximate surface area is 163 Å². The van der Waals surface area contributed by atoms with E-state index >= 15 is 0 Å². The molecule has 0 amide bonds. The summed E-state index contributed by atoms with van der Waals surface area (Å²) in [5.74, 6) is 0.916. The molecule has 2 aromatic heterocycles. The topological polar surface area (TPSA) is 66.9 Å². The lowest BCUT2D eigenvalue weighted by molar-refractivity contribution is 0.122. The Balaban J connectivity index is 1.55. The van der Waals surface area contributed by atoms with E-state index in [2.05, 4.69) is 74.5 Å². The Hall–Kier alpha value is -3.25. The predicted octanol–water partition coefficient (Wildman–Crippen LogP) is 3.83. The largest absolute Gasteiger partial charge is 0.378 e. The fraction of sp³-hybridized carbons (Fsp3) is 0.227. The highest BCUT2D eigenvalue weighted by molar-refractivity contribution is 5.95. The monoisotopic (exact) mass is 371 g/mol. The van der Waals surface area contributed by atoms with Crippen molar-refractivity contribution < 1.29 is 4.74 Å². The van der Waals surface area contributed by atoms with E-state index < -0.39 is 0 Å². The maximum atomic E-state index is 5.44. The van der Waals surface area contributed by atoms with Gasteiger partial charge in [0.25, 0.3) is 0 Å². The molecule has 5 rings (SSSR count). The highest BCUT2D eigenvalue weighted by Gasteiger charge is 2.16. The molecule has 0 atom stereocenters. The van der Waals surface area contributed by atoms with Gasteiger partial charge in [0.1, 0.15) is 17.8 Å². The second-order valence-electron chi connectivity index (χ2n) is 7.06. The van der Waals surface area contributed by atoms with E-state index in [1.807, 2.05) is 6.07 Å². The minimum atomic E-state index is 0.727. The van der Waals surface area contributed by atoms with E-state index in [0.29, 0.717) is 0 Å². The summed E-state index contributed by atoms with van der Waals surface area (Å²) in [6.45, 7) is 5.24. The molecule has 1 aliphatic heterocycles. The van der Waals surface area contributed by atoms with Crippen LogP contribution in [0.4, 0.5) is 5.82 Å². The van der Waals surface area contributed by atoms with Gasteiger partial charge in [-0.2, -0.15) is 5.10 Å². The molecule has 0 aliphatic carbocycles. The van der Waals surface area contributed by atoms with Crippen LogP contribution in [-0.4, -0.2) is 46.5 Å². The van der Waals surface area contributed by atoms with E-state index in [-0.39, 0.29) is 0 Å². The number of rotatable bonds is 3. The fourth-order valence-electron chi connectivity index (χ4n) is 3.58. The van der Waals surface area contributed by atoms with Gasteiger partial charge in [0, 0.05) is 24.5 Å². The van der Waals surface area contributed by atoms with E-state index in [1.54, 1.807) is 6.33 Å². The van der Waals surface area contributed by atoms with Crippen LogP contribution in [0.5, 0.6) is 0 Å². The van der Waals surface area contributed by atoms with Crippen LogP contribution < -0.4 is 4.90 Å². The number of nitrogens with zero attached hydrogens (tertiary/aromatic N) is 4. The zero-order valence-corrected chi connectivity index (χ0v) is 15.7. The number of aromatic amines is 1. The van der Waals surface area contributed by atoms with Crippen molar-refractivity contribution in [2.24, 2.45) is 0 Å². The van der Waals surface area contributed by atoms with E-state index in [9.17, 15) is 0 Å². The van der Waals surface area contributed by atoms with E-state index in [4.69, 9.17) is 4.74 Å². The number of ether oxygens (including phenoxy) is 1. The number of H-pyrrole nitrogens is 1. The summed E-state index contributed by atoms with van der Waals surface area (Å²) in [4.78, 5) is 11.2. The Morgan fingerprint density at radius 2 is 1.71 bits per heavy atom. The average Bonchev–Trinajstić information content (AvgIpc) is 3.18. The van der Waals surface area contributed by atoms with Gasteiger partial charge in [-0.15, -0.1) is 0 Å². The third-order valence-corrected chi connectivity index (χ3v) is 5.18. The molecule has 4 aromatic rings. The van der Waals surface area contributed by atoms with Crippen molar-refractivity contribution in [3.63, 3.8) is 0 Å². The molecule has 6 heteroatoms. The van der Waals surface area contributed by atoms with E-state index in [1.165, 1.54) is 11.1 Å². The molecule has 1 aliphatic rings. The number of hydrogen-bond donors (Lipinski definition) is 1. The Morgan fingerprint density at radius 1 is 0.929 bits per heavy atom. The summed E-state index contributed by atoms with van der Waals surface area (Å²) < 4.78 is 5.44. The number of benzene rings is 2. The number of morpholine rings is 1. The standard InChI is InChI=1S/C22H21N5O/c1-15-2-4-16(5-3-15)17-6-7-19-18(12-17)22(26-25-19)20-13-21(24-14-23-20)27-8-10-28-11-9-27/h2-7,12-14H,8-11H2,1H3,(H,25,26). The van der Waals surface area contributed by atoms with Crippen LogP contribution in [0, 0.1) is 6.92 Å². The maximum Gasteiger partial charge on any atom is 0.132 e. The highest BCUT2D eigenvalue weighted by Crippen LogP contribution is 2.30. The summed E-state index contributed by atoms with van der Waals surface area (Å²) in [5, 5.41) is 8.73. The minimum absolute atomic E-state index is 0.727. The number of aryl methyl sites for hydroxylation is 1. The third kappa shape index (κ3) is 3.12. The summed E-state index contributed by atoms with van der Waals surface area (Å²) in [7, 11) is 0. The predicted molar refractivity (Wildman–Crippen MR) is 110 cm³/mol. The van der Waals surface area contributed by atoms with Gasteiger partial charge in [-0.3, -0.25) is 5.10 Å². The van der Waals surface area contributed by atoms with Gasteiger partial charge in [-0.1, -0.05) is 35.9 Å². The first-order valence-corrected chi connectivity index (χ1v) is 9.48. The van der Waals surface area contributed by atoms with Crippen molar-refractivity contribution in [1.82, 2.24) is 20.2 Å². The van der Waals surface area contributed by atoms with Crippen LogP contribution in [0.1, 0.15) is 5.56 Å². The minimum Gasteiger partial charge on any atom is -0.378 e. The van der Waals surface area contributed by atoms with Gasteiger partial charge >= 0.3 is 0 Å². The average molecular weight is 371 g/mol. The van der Waals surface area contributed by atoms with Gasteiger partial charge in [0.2, 0.25) is 0 Å². The van der Waals surface area contributed by atoms with Crippen molar-refractivity contribution in [3.8, 4) is 22.5 Å². The normalized spacial score (nSPS) is 14.5. The maximum absolute atomic E-state index is 5.44. The van der Waals surface area contributed by atoms with Crippen LogP contribution in [0.25, 0.3) is 33.4 Å². The summed E-state index contributed by atoms with van der Waals surface area (Å²) in [6.07, 6.45) is 1.62. The zero-order valence-electron chi connectivity index (χ0n) is 15.7. The summed E-state index contributed by atoms with van der Waals surface area (Å²) in [6, 6.07) is 17.0. The third-order valence-electron chi connectivity index (χ3n) is 5.18. The molecule has 0 unspecified atom stereocenters. The van der Waals surface area contributed by atoms with Gasteiger partial charge in [0.05, 0.1) is 24.4 Å². The first-order valence-electron chi connectivity index (χ1n) is 9.48. The molecule has 28 heavy (non-hydrogen) atoms. The van der Waals surface area contributed by atoms with Gasteiger partial charge in [0.15, 0.2) is 0 Å².